The molecule has 0 unspecified atom stereocenters. The molecule has 0 saturated carbocycles. The van der Waals surface area contributed by atoms with Crippen LogP contribution in [0.25, 0.3) is 6.08 Å². The Morgan fingerprint density at radius 3 is 2.62 bits per heavy atom. The molecule has 2 aromatic rings. The minimum Gasteiger partial charge on any atom is -0.402 e. The average Bonchev–Trinajstić information content (AvgIpc) is 3.27. The Morgan fingerprint density at radius 2 is 1.96 bits per heavy atom. The standard InChI is InChI=1S/C18H18N2O4S2/c1-3-20(4-2)26(22,23)15-9-5-7-13(11-15)17-19-16(18(21)24-17)12-14-8-6-10-25-14/h5-12H,3-4H2,1-2H3/b16-12+. The molecule has 1 aromatic carbocycles. The number of thiophene rings is 1. The Hall–Kier alpha value is -2.29. The molecule has 2 heterocycles. The third-order valence-electron chi connectivity index (χ3n) is 3.87. The monoisotopic (exact) mass is 390 g/mol. The molecule has 0 radical (unpaired) electrons. The number of benzene rings is 1. The summed E-state index contributed by atoms with van der Waals surface area (Å²) in [5.74, 6) is -0.445. The molecule has 0 atom stereocenters. The predicted molar refractivity (Wildman–Crippen MR) is 101 cm³/mol. The summed E-state index contributed by atoms with van der Waals surface area (Å²) in [7, 11) is -3.60. The SMILES string of the molecule is CCN(CC)S(=O)(=O)c1cccc(C2=N/C(=C/c3cccs3)C(=O)O2)c1. The molecular formula is C18H18N2O4S2. The van der Waals surface area contributed by atoms with Crippen LogP contribution in [0.1, 0.15) is 24.3 Å². The molecule has 26 heavy (non-hydrogen) atoms. The van der Waals surface area contributed by atoms with E-state index in [4.69, 9.17) is 4.74 Å². The van der Waals surface area contributed by atoms with E-state index in [1.165, 1.54) is 27.8 Å². The molecule has 3 rings (SSSR count). The molecule has 136 valence electrons. The summed E-state index contributed by atoms with van der Waals surface area (Å²) in [6, 6.07) is 10.0. The summed E-state index contributed by atoms with van der Waals surface area (Å²) < 4.78 is 31.9. The van der Waals surface area contributed by atoms with Crippen molar-refractivity contribution in [2.45, 2.75) is 18.7 Å². The smallest absolute Gasteiger partial charge is 0.363 e. The lowest BCUT2D eigenvalue weighted by Crippen LogP contribution is -2.30. The van der Waals surface area contributed by atoms with Crippen LogP contribution < -0.4 is 0 Å². The highest BCUT2D eigenvalue weighted by Gasteiger charge is 2.27. The first-order valence-electron chi connectivity index (χ1n) is 8.12. The Morgan fingerprint density at radius 1 is 1.19 bits per heavy atom. The van der Waals surface area contributed by atoms with Crippen molar-refractivity contribution in [1.82, 2.24) is 4.31 Å². The van der Waals surface area contributed by atoms with Crippen molar-refractivity contribution in [1.29, 1.82) is 0 Å². The first-order chi connectivity index (χ1) is 12.5. The van der Waals surface area contributed by atoms with Crippen LogP contribution in [0.3, 0.4) is 0 Å². The Labute approximate surface area is 156 Å². The van der Waals surface area contributed by atoms with Gasteiger partial charge in [0.15, 0.2) is 5.70 Å². The van der Waals surface area contributed by atoms with Crippen LogP contribution in [0.5, 0.6) is 0 Å². The zero-order valence-electron chi connectivity index (χ0n) is 14.4. The minimum atomic E-state index is -3.60. The maximum atomic E-state index is 12.7. The Kier molecular flexibility index (Phi) is 5.36. The largest absolute Gasteiger partial charge is 0.402 e. The summed E-state index contributed by atoms with van der Waals surface area (Å²) in [6.45, 7) is 4.34. The highest BCUT2D eigenvalue weighted by Crippen LogP contribution is 2.23. The molecule has 0 bridgehead atoms. The molecule has 1 aromatic heterocycles. The zero-order valence-corrected chi connectivity index (χ0v) is 16.0. The second kappa shape index (κ2) is 7.53. The number of hydrogen-bond acceptors (Lipinski definition) is 6. The summed E-state index contributed by atoms with van der Waals surface area (Å²) in [5.41, 5.74) is 0.639. The predicted octanol–water partition coefficient (Wildman–Crippen LogP) is 3.12. The van der Waals surface area contributed by atoms with E-state index in [2.05, 4.69) is 4.99 Å². The fourth-order valence-corrected chi connectivity index (χ4v) is 4.70. The lowest BCUT2D eigenvalue weighted by molar-refractivity contribution is -0.129. The number of hydrogen-bond donors (Lipinski definition) is 0. The van der Waals surface area contributed by atoms with Crippen LogP contribution in [0.2, 0.25) is 0 Å². The first-order valence-corrected chi connectivity index (χ1v) is 10.4. The number of ether oxygens (including phenoxy) is 1. The zero-order chi connectivity index (χ0) is 18.7. The second-order valence-electron chi connectivity index (χ2n) is 5.47. The Balaban J connectivity index is 1.95. The van der Waals surface area contributed by atoms with Crippen LogP contribution in [0.4, 0.5) is 0 Å². The van der Waals surface area contributed by atoms with Gasteiger partial charge in [-0.3, -0.25) is 0 Å². The molecule has 0 saturated heterocycles. The van der Waals surface area contributed by atoms with Crippen molar-refractivity contribution in [3.8, 4) is 0 Å². The summed E-state index contributed by atoms with van der Waals surface area (Å²) >= 11 is 1.48. The van der Waals surface area contributed by atoms with Crippen molar-refractivity contribution in [2.24, 2.45) is 4.99 Å². The lowest BCUT2D eigenvalue weighted by Gasteiger charge is -2.18. The van der Waals surface area contributed by atoms with Crippen molar-refractivity contribution < 1.29 is 17.9 Å². The third kappa shape index (κ3) is 3.62. The number of carbonyl (C=O) groups is 1. The molecule has 0 fully saturated rings. The third-order valence-corrected chi connectivity index (χ3v) is 6.73. The number of carbonyl (C=O) groups excluding carboxylic acids is 1. The maximum Gasteiger partial charge on any atom is 0.363 e. The number of esters is 1. The molecule has 0 amide bonds. The van der Waals surface area contributed by atoms with Gasteiger partial charge in [0, 0.05) is 23.5 Å². The fourth-order valence-electron chi connectivity index (χ4n) is 2.54. The average molecular weight is 390 g/mol. The molecule has 0 spiro atoms. The number of rotatable bonds is 6. The van der Waals surface area contributed by atoms with E-state index >= 15 is 0 Å². The van der Waals surface area contributed by atoms with Gasteiger partial charge >= 0.3 is 5.97 Å². The number of cyclic esters (lactones) is 1. The fraction of sp³-hybridized carbons (Fsp3) is 0.222. The topological polar surface area (TPSA) is 76.0 Å². The van der Waals surface area contributed by atoms with E-state index in [1.807, 2.05) is 17.5 Å². The molecule has 1 aliphatic rings. The van der Waals surface area contributed by atoms with Crippen molar-refractivity contribution in [3.05, 3.63) is 57.9 Å². The van der Waals surface area contributed by atoms with E-state index < -0.39 is 16.0 Å². The van der Waals surface area contributed by atoms with E-state index in [0.717, 1.165) is 4.88 Å². The van der Waals surface area contributed by atoms with Gasteiger partial charge in [-0.15, -0.1) is 11.3 Å². The van der Waals surface area contributed by atoms with Gasteiger partial charge in [-0.25, -0.2) is 18.2 Å². The van der Waals surface area contributed by atoms with Gasteiger partial charge in [0.2, 0.25) is 15.9 Å². The van der Waals surface area contributed by atoms with Crippen LogP contribution in [-0.2, 0) is 19.6 Å². The van der Waals surface area contributed by atoms with Crippen molar-refractivity contribution in [3.63, 3.8) is 0 Å². The number of aliphatic imine (C=N–C) groups is 1. The summed E-state index contributed by atoms with van der Waals surface area (Å²) in [4.78, 5) is 17.3. The van der Waals surface area contributed by atoms with E-state index in [9.17, 15) is 13.2 Å². The van der Waals surface area contributed by atoms with Gasteiger partial charge in [0.1, 0.15) is 0 Å². The lowest BCUT2D eigenvalue weighted by atomic mass is 10.2. The molecule has 1 aliphatic heterocycles. The van der Waals surface area contributed by atoms with Gasteiger partial charge in [0.25, 0.3) is 0 Å². The highest BCUT2D eigenvalue weighted by atomic mass is 32.2. The summed E-state index contributed by atoms with van der Waals surface area (Å²) in [6.07, 6.45) is 1.65. The highest BCUT2D eigenvalue weighted by molar-refractivity contribution is 7.89. The van der Waals surface area contributed by atoms with Crippen LogP contribution >= 0.6 is 11.3 Å². The van der Waals surface area contributed by atoms with Gasteiger partial charge < -0.3 is 4.74 Å². The molecule has 6 nitrogen and oxygen atoms in total. The van der Waals surface area contributed by atoms with Crippen molar-refractivity contribution >= 4 is 39.3 Å². The number of nitrogens with zero attached hydrogens (tertiary/aromatic N) is 2. The normalized spacial score (nSPS) is 16.2. The number of sulfonamides is 1. The van der Waals surface area contributed by atoms with Gasteiger partial charge in [0.05, 0.1) is 4.90 Å². The van der Waals surface area contributed by atoms with E-state index in [-0.39, 0.29) is 16.5 Å². The van der Waals surface area contributed by atoms with E-state index in [1.54, 1.807) is 32.1 Å². The second-order valence-corrected chi connectivity index (χ2v) is 8.39. The Bertz CT molecular complexity index is 972. The first kappa shape index (κ1) is 18.5. The van der Waals surface area contributed by atoms with Crippen LogP contribution in [0, 0.1) is 0 Å². The molecular weight excluding hydrogens is 372 g/mol. The van der Waals surface area contributed by atoms with Crippen LogP contribution in [-0.4, -0.2) is 37.7 Å². The van der Waals surface area contributed by atoms with Gasteiger partial charge in [-0.2, -0.15) is 4.31 Å². The molecule has 0 aliphatic carbocycles. The van der Waals surface area contributed by atoms with Gasteiger partial charge in [-0.05, 0) is 35.7 Å². The molecule has 0 N–H and O–H groups in total. The molecule has 8 heteroatoms. The quantitative estimate of drug-likeness (QED) is 0.561. The summed E-state index contributed by atoms with van der Waals surface area (Å²) in [5, 5.41) is 1.90. The van der Waals surface area contributed by atoms with Gasteiger partial charge in [-0.1, -0.05) is 26.0 Å². The maximum absolute atomic E-state index is 12.7. The van der Waals surface area contributed by atoms with Crippen molar-refractivity contribution in [2.75, 3.05) is 13.1 Å². The van der Waals surface area contributed by atoms with Crippen LogP contribution in [0.15, 0.2) is 57.4 Å². The minimum absolute atomic E-state index is 0.106. The van der Waals surface area contributed by atoms with E-state index in [0.29, 0.717) is 18.7 Å².